The van der Waals surface area contributed by atoms with E-state index >= 15 is 0 Å². The molecular weight excluding hydrogens is 366 g/mol. The van der Waals surface area contributed by atoms with Gasteiger partial charge in [0, 0.05) is 11.1 Å². The van der Waals surface area contributed by atoms with E-state index in [4.69, 9.17) is 9.47 Å². The van der Waals surface area contributed by atoms with E-state index in [0.29, 0.717) is 29.4 Å². The molecule has 0 radical (unpaired) electrons. The minimum Gasteiger partial charge on any atom is -0.497 e. The van der Waals surface area contributed by atoms with Crippen molar-refractivity contribution in [3.63, 3.8) is 0 Å². The molecule has 1 amide bonds. The average Bonchev–Trinajstić information content (AvgIpc) is 3.02. The number of para-hydroxylation sites is 1. The van der Waals surface area contributed by atoms with Gasteiger partial charge in [0.15, 0.2) is 9.84 Å². The maximum atomic E-state index is 13.4. The summed E-state index contributed by atoms with van der Waals surface area (Å²) in [5.74, 6) is 0.640. The summed E-state index contributed by atoms with van der Waals surface area (Å²) in [6.45, 7) is 2.26. The number of hydrogen-bond donors (Lipinski definition) is 0. The topological polar surface area (TPSA) is 72.9 Å². The van der Waals surface area contributed by atoms with Crippen LogP contribution < -0.4 is 14.4 Å². The molecule has 6 nitrogen and oxygen atoms in total. The molecule has 0 unspecified atom stereocenters. The van der Waals surface area contributed by atoms with Crippen LogP contribution in [0.3, 0.4) is 0 Å². The molecule has 0 fully saturated rings. The molecule has 0 aliphatic carbocycles. The Morgan fingerprint density at radius 3 is 2.44 bits per heavy atom. The first-order valence-electron chi connectivity index (χ1n) is 8.55. The number of hydrogen-bond acceptors (Lipinski definition) is 5. The number of amides is 1. The van der Waals surface area contributed by atoms with Crippen molar-refractivity contribution in [2.45, 2.75) is 13.0 Å². The van der Waals surface area contributed by atoms with Gasteiger partial charge in [0.25, 0.3) is 5.91 Å². The maximum Gasteiger partial charge on any atom is 0.262 e. The summed E-state index contributed by atoms with van der Waals surface area (Å²) in [6.07, 6.45) is 1.54. The van der Waals surface area contributed by atoms with Gasteiger partial charge in [0.1, 0.15) is 11.5 Å². The van der Waals surface area contributed by atoms with E-state index in [1.165, 1.54) is 4.90 Å². The number of rotatable bonds is 6. The summed E-state index contributed by atoms with van der Waals surface area (Å²) in [4.78, 5) is 14.9. The van der Waals surface area contributed by atoms with E-state index in [2.05, 4.69) is 0 Å². The van der Waals surface area contributed by atoms with Crippen LogP contribution in [0.1, 0.15) is 17.3 Å². The van der Waals surface area contributed by atoms with Crippen LogP contribution in [0.2, 0.25) is 0 Å². The highest BCUT2D eigenvalue weighted by molar-refractivity contribution is 7.94. The smallest absolute Gasteiger partial charge is 0.262 e. The highest BCUT2D eigenvalue weighted by Crippen LogP contribution is 2.29. The first kappa shape index (κ1) is 19.0. The van der Waals surface area contributed by atoms with Crippen molar-refractivity contribution in [3.05, 3.63) is 65.6 Å². The van der Waals surface area contributed by atoms with Gasteiger partial charge >= 0.3 is 0 Å². The second kappa shape index (κ2) is 7.84. The van der Waals surface area contributed by atoms with Crippen LogP contribution in [0.4, 0.5) is 5.69 Å². The van der Waals surface area contributed by atoms with Crippen molar-refractivity contribution in [1.82, 2.24) is 0 Å². The zero-order chi connectivity index (χ0) is 19.4. The van der Waals surface area contributed by atoms with Crippen LogP contribution in [0, 0.1) is 0 Å². The lowest BCUT2D eigenvalue weighted by Gasteiger charge is -2.28. The lowest BCUT2D eigenvalue weighted by atomic mass is 10.1. The van der Waals surface area contributed by atoms with Crippen molar-refractivity contribution in [3.8, 4) is 11.5 Å². The van der Waals surface area contributed by atoms with Crippen LogP contribution in [0.15, 0.2) is 60.0 Å². The van der Waals surface area contributed by atoms with Crippen LogP contribution in [0.5, 0.6) is 11.5 Å². The quantitative estimate of drug-likeness (QED) is 0.762. The SMILES string of the molecule is CCOc1ccccc1C(=O)N(c1ccc(OC)cc1)[C@@H]1C=CS(=O)(=O)C1. The third kappa shape index (κ3) is 4.14. The van der Waals surface area contributed by atoms with E-state index in [9.17, 15) is 13.2 Å². The summed E-state index contributed by atoms with van der Waals surface area (Å²) in [6, 6.07) is 13.3. The van der Waals surface area contributed by atoms with E-state index < -0.39 is 15.9 Å². The van der Waals surface area contributed by atoms with E-state index in [0.717, 1.165) is 5.41 Å². The van der Waals surface area contributed by atoms with Crippen LogP contribution >= 0.6 is 0 Å². The molecule has 0 saturated heterocycles. The number of carbonyl (C=O) groups excluding carboxylic acids is 1. The number of sulfone groups is 1. The van der Waals surface area contributed by atoms with E-state index in [1.54, 1.807) is 61.7 Å². The molecule has 0 bridgehead atoms. The molecule has 142 valence electrons. The van der Waals surface area contributed by atoms with Crippen LogP contribution in [-0.2, 0) is 9.84 Å². The number of carbonyl (C=O) groups is 1. The molecule has 0 N–H and O–H groups in total. The van der Waals surface area contributed by atoms with Gasteiger partial charge in [-0.1, -0.05) is 12.1 Å². The van der Waals surface area contributed by atoms with Crippen molar-refractivity contribution in [2.75, 3.05) is 24.4 Å². The van der Waals surface area contributed by atoms with Gasteiger partial charge in [-0.3, -0.25) is 4.79 Å². The Morgan fingerprint density at radius 2 is 1.85 bits per heavy atom. The number of nitrogens with zero attached hydrogens (tertiary/aromatic N) is 1. The van der Waals surface area contributed by atoms with Crippen molar-refractivity contribution in [2.24, 2.45) is 0 Å². The summed E-state index contributed by atoms with van der Waals surface area (Å²) in [5, 5.41) is 1.16. The summed E-state index contributed by atoms with van der Waals surface area (Å²) < 4.78 is 34.6. The second-order valence-corrected chi connectivity index (χ2v) is 7.96. The molecule has 3 rings (SSSR count). The highest BCUT2D eigenvalue weighted by Gasteiger charge is 2.33. The second-order valence-electron chi connectivity index (χ2n) is 6.03. The van der Waals surface area contributed by atoms with Gasteiger partial charge in [-0.05, 0) is 49.4 Å². The molecule has 1 atom stereocenters. The number of benzene rings is 2. The van der Waals surface area contributed by atoms with Gasteiger partial charge in [-0.2, -0.15) is 0 Å². The Balaban J connectivity index is 2.04. The predicted molar refractivity (Wildman–Crippen MR) is 104 cm³/mol. The fourth-order valence-corrected chi connectivity index (χ4v) is 4.24. The Hall–Kier alpha value is -2.80. The molecule has 7 heteroatoms. The van der Waals surface area contributed by atoms with Crippen molar-refractivity contribution in [1.29, 1.82) is 0 Å². The van der Waals surface area contributed by atoms with Crippen molar-refractivity contribution < 1.29 is 22.7 Å². The largest absolute Gasteiger partial charge is 0.497 e. The zero-order valence-corrected chi connectivity index (χ0v) is 16.0. The van der Waals surface area contributed by atoms with Gasteiger partial charge in [-0.25, -0.2) is 8.42 Å². The van der Waals surface area contributed by atoms with E-state index in [-0.39, 0.29) is 11.7 Å². The normalized spacial score (nSPS) is 17.5. The first-order valence-corrected chi connectivity index (χ1v) is 10.3. The molecule has 1 heterocycles. The fourth-order valence-electron chi connectivity index (χ4n) is 2.98. The monoisotopic (exact) mass is 387 g/mol. The third-order valence-electron chi connectivity index (χ3n) is 4.23. The number of anilines is 1. The predicted octanol–water partition coefficient (Wildman–Crippen LogP) is 3.05. The van der Waals surface area contributed by atoms with Crippen LogP contribution in [0.25, 0.3) is 0 Å². The Kier molecular flexibility index (Phi) is 5.51. The van der Waals surface area contributed by atoms with Gasteiger partial charge < -0.3 is 14.4 Å². The summed E-state index contributed by atoms with van der Waals surface area (Å²) >= 11 is 0. The fraction of sp³-hybridized carbons (Fsp3) is 0.250. The Bertz CT molecular complexity index is 951. The molecule has 1 aliphatic rings. The molecule has 1 aliphatic heterocycles. The summed E-state index contributed by atoms with van der Waals surface area (Å²) in [7, 11) is -1.77. The number of ether oxygens (including phenoxy) is 2. The lowest BCUT2D eigenvalue weighted by molar-refractivity contribution is 0.0979. The zero-order valence-electron chi connectivity index (χ0n) is 15.2. The van der Waals surface area contributed by atoms with Gasteiger partial charge in [0.2, 0.25) is 0 Å². The van der Waals surface area contributed by atoms with Crippen LogP contribution in [-0.4, -0.2) is 39.8 Å². The van der Waals surface area contributed by atoms with Gasteiger partial charge in [0.05, 0.1) is 31.1 Å². The first-order chi connectivity index (χ1) is 12.9. The maximum absolute atomic E-state index is 13.4. The molecule has 2 aromatic carbocycles. The van der Waals surface area contributed by atoms with Gasteiger partial charge in [-0.15, -0.1) is 0 Å². The lowest BCUT2D eigenvalue weighted by Crippen LogP contribution is -2.41. The molecule has 27 heavy (non-hydrogen) atoms. The highest BCUT2D eigenvalue weighted by atomic mass is 32.2. The molecule has 0 saturated carbocycles. The van der Waals surface area contributed by atoms with Crippen molar-refractivity contribution >= 4 is 21.4 Å². The summed E-state index contributed by atoms with van der Waals surface area (Å²) in [5.41, 5.74) is 0.965. The van der Waals surface area contributed by atoms with E-state index in [1.807, 2.05) is 6.92 Å². The molecule has 0 spiro atoms. The minimum atomic E-state index is -3.33. The molecule has 0 aromatic heterocycles. The minimum absolute atomic E-state index is 0.151. The molecular formula is C20H21NO5S. The molecule has 2 aromatic rings. The average molecular weight is 387 g/mol. The third-order valence-corrected chi connectivity index (χ3v) is 5.61. The number of methoxy groups -OCH3 is 1. The Morgan fingerprint density at radius 1 is 1.15 bits per heavy atom. The Labute approximate surface area is 158 Å². The standard InChI is InChI=1S/C20H21NO5S/c1-3-26-19-7-5-4-6-18(19)20(22)21(16-12-13-27(23,24)14-16)15-8-10-17(25-2)11-9-15/h4-13,16H,3,14H2,1-2H3/t16-/m1/s1.